The minimum Gasteiger partial charge on any atom is -0.465 e. The van der Waals surface area contributed by atoms with Gasteiger partial charge in [0, 0.05) is 16.5 Å². The normalized spacial score (nSPS) is 12.9. The lowest BCUT2D eigenvalue weighted by Gasteiger charge is -2.16. The van der Waals surface area contributed by atoms with E-state index in [-0.39, 0.29) is 0 Å². The van der Waals surface area contributed by atoms with Gasteiger partial charge in [-0.25, -0.2) is 9.18 Å². The van der Waals surface area contributed by atoms with Crippen molar-refractivity contribution in [3.05, 3.63) is 75.9 Å². The van der Waals surface area contributed by atoms with Crippen LogP contribution >= 0.6 is 11.3 Å². The highest BCUT2D eigenvalue weighted by Gasteiger charge is 2.23. The highest BCUT2D eigenvalue weighted by molar-refractivity contribution is 7.15. The van der Waals surface area contributed by atoms with Crippen LogP contribution in [0.2, 0.25) is 0 Å². The maximum absolute atomic E-state index is 13.1. The zero-order chi connectivity index (χ0) is 20.4. The van der Waals surface area contributed by atoms with Crippen LogP contribution in [0.15, 0.2) is 47.8 Å². The summed E-state index contributed by atoms with van der Waals surface area (Å²) in [6.45, 7) is 0. The third-order valence-corrected chi connectivity index (χ3v) is 6.07. The van der Waals surface area contributed by atoms with Gasteiger partial charge in [-0.2, -0.15) is 0 Å². The highest BCUT2D eigenvalue weighted by atomic mass is 32.1. The summed E-state index contributed by atoms with van der Waals surface area (Å²) in [6, 6.07) is 11.5. The van der Waals surface area contributed by atoms with Gasteiger partial charge in [-0.15, -0.1) is 11.3 Å². The van der Waals surface area contributed by atoms with Crippen molar-refractivity contribution in [3.63, 3.8) is 0 Å². The lowest BCUT2D eigenvalue weighted by molar-refractivity contribution is 0.0603. The van der Waals surface area contributed by atoms with Crippen molar-refractivity contribution in [2.75, 3.05) is 12.4 Å². The Bertz CT molecular complexity index is 1070. The highest BCUT2D eigenvalue weighted by Crippen LogP contribution is 2.38. The number of esters is 1. The molecule has 0 radical (unpaired) electrons. The van der Waals surface area contributed by atoms with E-state index in [1.54, 1.807) is 0 Å². The number of rotatable bonds is 4. The first-order chi connectivity index (χ1) is 14.1. The molecule has 0 bridgehead atoms. The van der Waals surface area contributed by atoms with Gasteiger partial charge in [0.05, 0.1) is 7.11 Å². The first-order valence-corrected chi connectivity index (χ1v) is 10.3. The van der Waals surface area contributed by atoms with E-state index < -0.39 is 17.7 Å². The summed E-state index contributed by atoms with van der Waals surface area (Å²) in [5.41, 5.74) is 5.00. The van der Waals surface area contributed by atoms with Crippen molar-refractivity contribution in [2.45, 2.75) is 25.7 Å². The van der Waals surface area contributed by atoms with Crippen LogP contribution in [0.1, 0.15) is 44.7 Å². The second kappa shape index (κ2) is 8.17. The summed E-state index contributed by atoms with van der Waals surface area (Å²) in [6.07, 6.45) is 4.50. The third kappa shape index (κ3) is 3.93. The summed E-state index contributed by atoms with van der Waals surface area (Å²) in [5, 5.41) is 5.04. The van der Waals surface area contributed by atoms with Gasteiger partial charge in [-0.05, 0) is 66.6 Å². The second-order valence-electron chi connectivity index (χ2n) is 7.00. The number of carbonyl (C=O) groups excluding carboxylic acids is 2. The molecule has 1 amide bonds. The average molecular weight is 409 g/mol. The molecule has 2 aromatic carbocycles. The molecule has 1 heterocycles. The van der Waals surface area contributed by atoms with E-state index in [1.165, 1.54) is 66.7 Å². The van der Waals surface area contributed by atoms with Crippen LogP contribution in [0, 0.1) is 5.82 Å². The Morgan fingerprint density at radius 1 is 1.03 bits per heavy atom. The number of ether oxygens (including phenoxy) is 1. The quantitative estimate of drug-likeness (QED) is 0.581. The first-order valence-electron chi connectivity index (χ1n) is 9.45. The largest absolute Gasteiger partial charge is 0.465 e. The van der Waals surface area contributed by atoms with Crippen LogP contribution in [0.3, 0.4) is 0 Å². The summed E-state index contributed by atoms with van der Waals surface area (Å²) in [7, 11) is 1.32. The molecule has 1 aliphatic carbocycles. The number of methoxy groups -OCH3 is 1. The molecule has 6 heteroatoms. The zero-order valence-electron chi connectivity index (χ0n) is 16.0. The fourth-order valence-corrected chi connectivity index (χ4v) is 4.60. The Morgan fingerprint density at radius 3 is 2.48 bits per heavy atom. The molecular formula is C23H20FNO3S. The predicted molar refractivity (Wildman–Crippen MR) is 112 cm³/mol. The Kier molecular flexibility index (Phi) is 5.45. The van der Waals surface area contributed by atoms with E-state index in [4.69, 9.17) is 4.74 Å². The van der Waals surface area contributed by atoms with Crippen LogP contribution in [0.25, 0.3) is 11.1 Å². The van der Waals surface area contributed by atoms with Gasteiger partial charge in [0.1, 0.15) is 16.4 Å². The van der Waals surface area contributed by atoms with E-state index >= 15 is 0 Å². The minimum atomic E-state index is -0.506. The summed E-state index contributed by atoms with van der Waals surface area (Å²) in [4.78, 5) is 25.1. The molecule has 1 aromatic heterocycles. The number of carbonyl (C=O) groups is 2. The molecule has 0 aliphatic heterocycles. The van der Waals surface area contributed by atoms with Crippen molar-refractivity contribution in [1.29, 1.82) is 0 Å². The van der Waals surface area contributed by atoms with Gasteiger partial charge in [0.2, 0.25) is 0 Å². The predicted octanol–water partition coefficient (Wildman–Crippen LogP) is 5.47. The van der Waals surface area contributed by atoms with E-state index in [0.29, 0.717) is 16.1 Å². The fraction of sp³-hybridized carbons (Fsp3) is 0.217. The third-order valence-electron chi connectivity index (χ3n) is 5.17. The molecule has 0 unspecified atom stereocenters. The molecule has 29 heavy (non-hydrogen) atoms. The van der Waals surface area contributed by atoms with Crippen LogP contribution in [0.5, 0.6) is 0 Å². The summed E-state index contributed by atoms with van der Waals surface area (Å²) in [5.74, 6) is -1.33. The Balaban J connectivity index is 1.69. The number of amides is 1. The monoisotopic (exact) mass is 409 g/mol. The van der Waals surface area contributed by atoms with Crippen molar-refractivity contribution < 1.29 is 18.7 Å². The summed E-state index contributed by atoms with van der Waals surface area (Å²) < 4.78 is 18.1. The molecule has 0 fully saturated rings. The van der Waals surface area contributed by atoms with Gasteiger partial charge in [0.25, 0.3) is 5.91 Å². The molecule has 4 nitrogen and oxygen atoms in total. The minimum absolute atomic E-state index is 0.311. The number of aryl methyl sites for hydroxylation is 2. The number of nitrogens with one attached hydrogen (secondary N) is 1. The molecule has 148 valence electrons. The maximum Gasteiger partial charge on any atom is 0.341 e. The first kappa shape index (κ1) is 19.3. The van der Waals surface area contributed by atoms with E-state index in [2.05, 4.69) is 17.4 Å². The SMILES string of the molecule is COC(=O)c1c(-c2ccc3c(c2)CCCC3)csc1NC(=O)c1ccc(F)cc1. The van der Waals surface area contributed by atoms with Crippen molar-refractivity contribution in [3.8, 4) is 11.1 Å². The van der Waals surface area contributed by atoms with Crippen LogP contribution in [-0.2, 0) is 17.6 Å². The Hall–Kier alpha value is -2.99. The van der Waals surface area contributed by atoms with E-state index in [0.717, 1.165) is 24.0 Å². The molecule has 4 rings (SSSR count). The number of hydrogen-bond acceptors (Lipinski definition) is 4. The van der Waals surface area contributed by atoms with Crippen molar-refractivity contribution in [2.24, 2.45) is 0 Å². The number of fused-ring (bicyclic) bond motifs is 1. The maximum atomic E-state index is 13.1. The Labute approximate surface area is 172 Å². The summed E-state index contributed by atoms with van der Waals surface area (Å²) >= 11 is 1.27. The van der Waals surface area contributed by atoms with Crippen LogP contribution < -0.4 is 5.32 Å². The lowest BCUT2D eigenvalue weighted by atomic mass is 9.89. The number of halogens is 1. The van der Waals surface area contributed by atoms with Gasteiger partial charge in [-0.1, -0.05) is 18.2 Å². The fourth-order valence-electron chi connectivity index (χ4n) is 3.64. The molecule has 1 N–H and O–H groups in total. The van der Waals surface area contributed by atoms with Gasteiger partial charge < -0.3 is 10.1 Å². The number of thiophene rings is 1. The van der Waals surface area contributed by atoms with E-state index in [1.807, 2.05) is 11.4 Å². The standard InChI is InChI=1S/C23H20FNO3S/c1-28-23(27)20-19(17-7-6-14-4-2-3-5-16(14)12-17)13-29-22(20)25-21(26)15-8-10-18(24)11-9-15/h6-13H,2-5H2,1H3,(H,25,26). The van der Waals surface area contributed by atoms with Gasteiger partial charge >= 0.3 is 5.97 Å². The smallest absolute Gasteiger partial charge is 0.341 e. The number of benzene rings is 2. The van der Waals surface area contributed by atoms with Crippen LogP contribution in [-0.4, -0.2) is 19.0 Å². The molecule has 0 saturated heterocycles. The number of hydrogen-bond donors (Lipinski definition) is 1. The molecule has 1 aliphatic rings. The lowest BCUT2D eigenvalue weighted by Crippen LogP contribution is -2.14. The molecule has 3 aromatic rings. The number of anilines is 1. The Morgan fingerprint density at radius 2 is 1.76 bits per heavy atom. The van der Waals surface area contributed by atoms with Crippen LogP contribution in [0.4, 0.5) is 9.39 Å². The molecule has 0 saturated carbocycles. The molecule has 0 atom stereocenters. The molecule has 0 spiro atoms. The van der Waals surface area contributed by atoms with Crippen molar-refractivity contribution in [1.82, 2.24) is 0 Å². The topological polar surface area (TPSA) is 55.4 Å². The molecular weight excluding hydrogens is 389 g/mol. The van der Waals surface area contributed by atoms with Gasteiger partial charge in [-0.3, -0.25) is 4.79 Å². The van der Waals surface area contributed by atoms with Gasteiger partial charge in [0.15, 0.2) is 0 Å². The second-order valence-corrected chi connectivity index (χ2v) is 7.88. The van der Waals surface area contributed by atoms with Crippen molar-refractivity contribution >= 4 is 28.2 Å². The average Bonchev–Trinajstić information content (AvgIpc) is 3.16. The van der Waals surface area contributed by atoms with E-state index in [9.17, 15) is 14.0 Å². The zero-order valence-corrected chi connectivity index (χ0v) is 16.8.